The van der Waals surface area contributed by atoms with Gasteiger partial charge in [-0.05, 0) is 49.2 Å². The first-order valence-electron chi connectivity index (χ1n) is 8.39. The summed E-state index contributed by atoms with van der Waals surface area (Å²) in [4.78, 5) is 26.2. The maximum Gasteiger partial charge on any atom is 0.321 e. The van der Waals surface area contributed by atoms with Crippen LogP contribution in [0.25, 0.3) is 0 Å². The lowest BCUT2D eigenvalue weighted by Gasteiger charge is -2.32. The van der Waals surface area contributed by atoms with E-state index in [0.717, 1.165) is 0 Å². The Hall–Kier alpha value is -2.60. The van der Waals surface area contributed by atoms with Gasteiger partial charge >= 0.3 is 6.03 Å². The van der Waals surface area contributed by atoms with E-state index in [1.165, 1.54) is 18.2 Å². The SMILES string of the molecule is O=C(NC1CCN(C(=O)Nc2cccc(Cl)c2)CC1)c1cccc(F)c1. The lowest BCUT2D eigenvalue weighted by Crippen LogP contribution is -2.47. The molecule has 136 valence electrons. The predicted octanol–water partition coefficient (Wildman–Crippen LogP) is 3.91. The molecule has 1 heterocycles. The molecule has 0 bridgehead atoms. The lowest BCUT2D eigenvalue weighted by atomic mass is 10.0. The lowest BCUT2D eigenvalue weighted by molar-refractivity contribution is 0.0919. The number of hydrogen-bond acceptors (Lipinski definition) is 2. The summed E-state index contributed by atoms with van der Waals surface area (Å²) in [6, 6.07) is 12.3. The topological polar surface area (TPSA) is 61.4 Å². The van der Waals surface area contributed by atoms with Crippen molar-refractivity contribution in [3.05, 3.63) is 64.9 Å². The maximum absolute atomic E-state index is 13.2. The van der Waals surface area contributed by atoms with E-state index in [2.05, 4.69) is 10.6 Å². The number of amides is 3. The number of carbonyl (C=O) groups excluding carboxylic acids is 2. The summed E-state index contributed by atoms with van der Waals surface area (Å²) in [5, 5.41) is 6.27. The third-order valence-electron chi connectivity index (χ3n) is 4.28. The minimum Gasteiger partial charge on any atom is -0.349 e. The summed E-state index contributed by atoms with van der Waals surface area (Å²) in [6.07, 6.45) is 1.29. The second kappa shape index (κ2) is 8.19. The van der Waals surface area contributed by atoms with Crippen molar-refractivity contribution in [3.63, 3.8) is 0 Å². The van der Waals surface area contributed by atoms with Gasteiger partial charge in [0, 0.05) is 35.4 Å². The molecule has 26 heavy (non-hydrogen) atoms. The van der Waals surface area contributed by atoms with Crippen LogP contribution in [0.2, 0.25) is 5.02 Å². The van der Waals surface area contributed by atoms with Crippen LogP contribution in [0.1, 0.15) is 23.2 Å². The average Bonchev–Trinajstić information content (AvgIpc) is 2.62. The second-order valence-corrected chi connectivity index (χ2v) is 6.62. The van der Waals surface area contributed by atoms with Gasteiger partial charge in [-0.15, -0.1) is 0 Å². The highest BCUT2D eigenvalue weighted by atomic mass is 35.5. The van der Waals surface area contributed by atoms with Crippen LogP contribution in [0.3, 0.4) is 0 Å². The molecule has 3 rings (SSSR count). The van der Waals surface area contributed by atoms with Gasteiger partial charge in [0.2, 0.25) is 0 Å². The zero-order valence-electron chi connectivity index (χ0n) is 14.0. The van der Waals surface area contributed by atoms with Gasteiger partial charge in [0.25, 0.3) is 5.91 Å². The van der Waals surface area contributed by atoms with Crippen molar-refractivity contribution in [2.24, 2.45) is 0 Å². The minimum absolute atomic E-state index is 0.0408. The Morgan fingerprint density at radius 1 is 1.08 bits per heavy atom. The van der Waals surface area contributed by atoms with Gasteiger partial charge in [-0.2, -0.15) is 0 Å². The Bertz CT molecular complexity index is 807. The van der Waals surface area contributed by atoms with Crippen molar-refractivity contribution in [1.82, 2.24) is 10.2 Å². The molecule has 0 aliphatic carbocycles. The molecule has 3 amide bonds. The van der Waals surface area contributed by atoms with Crippen LogP contribution < -0.4 is 10.6 Å². The molecule has 1 fully saturated rings. The van der Waals surface area contributed by atoms with Crippen LogP contribution in [-0.4, -0.2) is 36.0 Å². The molecule has 1 saturated heterocycles. The van der Waals surface area contributed by atoms with Gasteiger partial charge in [-0.3, -0.25) is 4.79 Å². The molecule has 0 saturated carbocycles. The minimum atomic E-state index is -0.440. The fraction of sp³-hybridized carbons (Fsp3) is 0.263. The highest BCUT2D eigenvalue weighted by molar-refractivity contribution is 6.30. The first-order valence-corrected chi connectivity index (χ1v) is 8.77. The molecule has 1 aliphatic heterocycles. The Morgan fingerprint density at radius 3 is 2.50 bits per heavy atom. The Labute approximate surface area is 156 Å². The first-order chi connectivity index (χ1) is 12.5. The molecule has 1 aliphatic rings. The summed E-state index contributed by atoms with van der Waals surface area (Å²) in [5.41, 5.74) is 0.940. The molecule has 5 nitrogen and oxygen atoms in total. The van der Waals surface area contributed by atoms with E-state index in [4.69, 9.17) is 11.6 Å². The number of rotatable bonds is 3. The van der Waals surface area contributed by atoms with Crippen molar-refractivity contribution in [2.75, 3.05) is 18.4 Å². The summed E-state index contributed by atoms with van der Waals surface area (Å²) in [6.45, 7) is 1.06. The largest absolute Gasteiger partial charge is 0.349 e. The second-order valence-electron chi connectivity index (χ2n) is 6.19. The molecule has 2 aromatic rings. The Balaban J connectivity index is 1.49. The van der Waals surface area contributed by atoms with Crippen LogP contribution in [0.5, 0.6) is 0 Å². The fourth-order valence-electron chi connectivity index (χ4n) is 2.89. The number of anilines is 1. The molecule has 0 aromatic heterocycles. The molecule has 0 radical (unpaired) electrons. The van der Waals surface area contributed by atoms with E-state index >= 15 is 0 Å². The van der Waals surface area contributed by atoms with Crippen LogP contribution in [0.4, 0.5) is 14.9 Å². The number of likely N-dealkylation sites (tertiary alicyclic amines) is 1. The summed E-state index contributed by atoms with van der Waals surface area (Å²) in [7, 11) is 0. The normalized spacial score (nSPS) is 14.8. The van der Waals surface area contributed by atoms with Crippen molar-refractivity contribution in [3.8, 4) is 0 Å². The summed E-state index contributed by atoms with van der Waals surface area (Å²) >= 11 is 5.91. The molecule has 2 N–H and O–H groups in total. The van der Waals surface area contributed by atoms with E-state index < -0.39 is 5.82 Å². The molecular weight excluding hydrogens is 357 g/mol. The van der Waals surface area contributed by atoms with E-state index in [1.54, 1.807) is 35.2 Å². The van der Waals surface area contributed by atoms with Gasteiger partial charge in [0.05, 0.1) is 0 Å². The van der Waals surface area contributed by atoms with Gasteiger partial charge in [0.15, 0.2) is 0 Å². The van der Waals surface area contributed by atoms with E-state index in [9.17, 15) is 14.0 Å². The maximum atomic E-state index is 13.2. The molecule has 0 unspecified atom stereocenters. The third-order valence-corrected chi connectivity index (χ3v) is 4.52. The number of carbonyl (C=O) groups is 2. The molecule has 0 atom stereocenters. The van der Waals surface area contributed by atoms with Gasteiger partial charge < -0.3 is 15.5 Å². The number of piperidine rings is 1. The summed E-state index contributed by atoms with van der Waals surface area (Å²) < 4.78 is 13.2. The number of benzene rings is 2. The predicted molar refractivity (Wildman–Crippen MR) is 98.9 cm³/mol. The zero-order chi connectivity index (χ0) is 18.5. The fourth-order valence-corrected chi connectivity index (χ4v) is 3.08. The first kappa shape index (κ1) is 18.2. The number of nitrogens with one attached hydrogen (secondary N) is 2. The number of hydrogen-bond donors (Lipinski definition) is 2. The van der Waals surface area contributed by atoms with Gasteiger partial charge in [-0.25, -0.2) is 9.18 Å². The molecule has 0 spiro atoms. The van der Waals surface area contributed by atoms with Crippen molar-refractivity contribution >= 4 is 29.2 Å². The van der Waals surface area contributed by atoms with Crippen LogP contribution in [0.15, 0.2) is 48.5 Å². The highest BCUT2D eigenvalue weighted by Gasteiger charge is 2.24. The van der Waals surface area contributed by atoms with E-state index in [-0.39, 0.29) is 18.0 Å². The zero-order valence-corrected chi connectivity index (χ0v) is 14.8. The number of nitrogens with zero attached hydrogens (tertiary/aromatic N) is 1. The monoisotopic (exact) mass is 375 g/mol. The smallest absolute Gasteiger partial charge is 0.321 e. The molecule has 7 heteroatoms. The van der Waals surface area contributed by atoms with Crippen molar-refractivity contribution in [1.29, 1.82) is 0 Å². The summed E-state index contributed by atoms with van der Waals surface area (Å²) in [5.74, 6) is -0.739. The number of urea groups is 1. The van der Waals surface area contributed by atoms with Gasteiger partial charge in [-0.1, -0.05) is 23.7 Å². The Morgan fingerprint density at radius 2 is 1.81 bits per heavy atom. The highest BCUT2D eigenvalue weighted by Crippen LogP contribution is 2.17. The standard InChI is InChI=1S/C19H19ClFN3O2/c20-14-4-2-6-17(12-14)23-19(26)24-9-7-16(8-10-24)22-18(25)13-3-1-5-15(21)11-13/h1-6,11-12,16H,7-10H2,(H,22,25)(H,23,26). The molecule has 2 aromatic carbocycles. The Kier molecular flexibility index (Phi) is 5.73. The van der Waals surface area contributed by atoms with Crippen LogP contribution in [0, 0.1) is 5.82 Å². The van der Waals surface area contributed by atoms with E-state index in [0.29, 0.717) is 42.2 Å². The third kappa shape index (κ3) is 4.73. The number of halogens is 2. The van der Waals surface area contributed by atoms with E-state index in [1.807, 2.05) is 0 Å². The van der Waals surface area contributed by atoms with Crippen molar-refractivity contribution in [2.45, 2.75) is 18.9 Å². The molecular formula is C19H19ClFN3O2. The van der Waals surface area contributed by atoms with Crippen LogP contribution >= 0.6 is 11.6 Å². The van der Waals surface area contributed by atoms with Crippen LogP contribution in [-0.2, 0) is 0 Å². The van der Waals surface area contributed by atoms with Crippen molar-refractivity contribution < 1.29 is 14.0 Å². The average molecular weight is 376 g/mol. The van der Waals surface area contributed by atoms with Gasteiger partial charge in [0.1, 0.15) is 5.82 Å². The quantitative estimate of drug-likeness (QED) is 0.854.